The molecule has 0 bridgehead atoms. The largest absolute Gasteiger partial charge is 0.399 e. The van der Waals surface area contributed by atoms with Crippen molar-refractivity contribution in [3.05, 3.63) is 28.8 Å². The molecule has 1 aromatic rings. The van der Waals surface area contributed by atoms with Crippen LogP contribution in [-0.2, 0) is 0 Å². The minimum absolute atomic E-state index is 0.0832. The summed E-state index contributed by atoms with van der Waals surface area (Å²) in [4.78, 5) is 12.2. The standard InChI is InChI=1S/C14H19ClN2OS/c1-19-13-5-3-2-4-12(13)17-14(18)9-6-10(15)8-11(16)7-9/h6-8,12-13H,2-5,16H2,1H3,(H,17,18). The van der Waals surface area contributed by atoms with Gasteiger partial charge in [-0.05, 0) is 37.3 Å². The third kappa shape index (κ3) is 3.80. The van der Waals surface area contributed by atoms with Crippen LogP contribution in [0.3, 0.4) is 0 Å². The van der Waals surface area contributed by atoms with Gasteiger partial charge in [-0.3, -0.25) is 4.79 Å². The molecule has 1 aliphatic rings. The zero-order valence-electron chi connectivity index (χ0n) is 11.0. The van der Waals surface area contributed by atoms with Gasteiger partial charge in [-0.2, -0.15) is 11.8 Å². The van der Waals surface area contributed by atoms with Crippen LogP contribution in [0.25, 0.3) is 0 Å². The monoisotopic (exact) mass is 298 g/mol. The Morgan fingerprint density at radius 3 is 2.79 bits per heavy atom. The van der Waals surface area contributed by atoms with Crippen LogP contribution >= 0.6 is 23.4 Å². The molecule has 1 amide bonds. The van der Waals surface area contributed by atoms with Crippen molar-refractivity contribution in [2.75, 3.05) is 12.0 Å². The fourth-order valence-electron chi connectivity index (χ4n) is 2.54. The first-order valence-electron chi connectivity index (χ1n) is 6.50. The van der Waals surface area contributed by atoms with Gasteiger partial charge in [0, 0.05) is 27.6 Å². The molecule has 0 heterocycles. The summed E-state index contributed by atoms with van der Waals surface area (Å²) in [6, 6.07) is 5.21. The van der Waals surface area contributed by atoms with Gasteiger partial charge in [0.2, 0.25) is 0 Å². The number of hydrogen-bond donors (Lipinski definition) is 2. The molecule has 19 heavy (non-hydrogen) atoms. The van der Waals surface area contributed by atoms with Crippen molar-refractivity contribution >= 4 is 35.0 Å². The van der Waals surface area contributed by atoms with E-state index < -0.39 is 0 Å². The molecule has 1 aliphatic carbocycles. The number of nitrogens with one attached hydrogen (secondary N) is 1. The lowest BCUT2D eigenvalue weighted by Crippen LogP contribution is -2.43. The molecule has 0 aromatic heterocycles. The van der Waals surface area contributed by atoms with Crippen molar-refractivity contribution in [2.24, 2.45) is 0 Å². The van der Waals surface area contributed by atoms with Crippen LogP contribution in [0.2, 0.25) is 5.02 Å². The maximum absolute atomic E-state index is 12.2. The number of thioether (sulfide) groups is 1. The van der Waals surface area contributed by atoms with Gasteiger partial charge in [-0.15, -0.1) is 0 Å². The molecule has 3 nitrogen and oxygen atoms in total. The average Bonchev–Trinajstić information content (AvgIpc) is 2.38. The third-order valence-corrected chi connectivity index (χ3v) is 4.89. The fraction of sp³-hybridized carbons (Fsp3) is 0.500. The number of hydrogen-bond acceptors (Lipinski definition) is 3. The Labute approximate surface area is 123 Å². The average molecular weight is 299 g/mol. The molecule has 0 aliphatic heterocycles. The second kappa shape index (κ2) is 6.53. The van der Waals surface area contributed by atoms with E-state index in [2.05, 4.69) is 11.6 Å². The van der Waals surface area contributed by atoms with Crippen molar-refractivity contribution in [3.8, 4) is 0 Å². The van der Waals surface area contributed by atoms with E-state index in [0.29, 0.717) is 21.5 Å². The lowest BCUT2D eigenvalue weighted by molar-refractivity contribution is 0.0929. The number of amides is 1. The van der Waals surface area contributed by atoms with Gasteiger partial charge in [0.25, 0.3) is 5.91 Å². The number of carbonyl (C=O) groups is 1. The molecule has 104 valence electrons. The topological polar surface area (TPSA) is 55.1 Å². The quantitative estimate of drug-likeness (QED) is 0.842. The second-order valence-corrected chi connectivity index (χ2v) is 6.43. The lowest BCUT2D eigenvalue weighted by Gasteiger charge is -2.31. The molecule has 2 atom stereocenters. The normalized spacial score (nSPS) is 23.1. The lowest BCUT2D eigenvalue weighted by atomic mass is 9.94. The van der Waals surface area contributed by atoms with E-state index in [1.807, 2.05) is 11.8 Å². The highest BCUT2D eigenvalue weighted by Crippen LogP contribution is 2.27. The predicted octanol–water partition coefficient (Wildman–Crippen LogP) is 3.33. The molecule has 3 N–H and O–H groups in total. The number of anilines is 1. The van der Waals surface area contributed by atoms with Gasteiger partial charge >= 0.3 is 0 Å². The summed E-state index contributed by atoms with van der Waals surface area (Å²) >= 11 is 7.76. The Hall–Kier alpha value is -0.870. The maximum atomic E-state index is 12.2. The van der Waals surface area contributed by atoms with Gasteiger partial charge < -0.3 is 11.1 Å². The Morgan fingerprint density at radius 1 is 1.37 bits per heavy atom. The number of benzene rings is 1. The molecule has 2 unspecified atom stereocenters. The van der Waals surface area contributed by atoms with Crippen molar-refractivity contribution in [1.82, 2.24) is 5.32 Å². The summed E-state index contributed by atoms with van der Waals surface area (Å²) in [7, 11) is 0. The van der Waals surface area contributed by atoms with E-state index in [-0.39, 0.29) is 11.9 Å². The SMILES string of the molecule is CSC1CCCCC1NC(=O)c1cc(N)cc(Cl)c1. The molecule has 0 radical (unpaired) electrons. The smallest absolute Gasteiger partial charge is 0.251 e. The minimum Gasteiger partial charge on any atom is -0.399 e. The van der Waals surface area contributed by atoms with E-state index in [0.717, 1.165) is 6.42 Å². The molecular formula is C14H19ClN2OS. The molecular weight excluding hydrogens is 280 g/mol. The number of carbonyl (C=O) groups excluding carboxylic acids is 1. The van der Waals surface area contributed by atoms with Crippen LogP contribution in [0, 0.1) is 0 Å². The van der Waals surface area contributed by atoms with Crippen molar-refractivity contribution < 1.29 is 4.79 Å². The zero-order chi connectivity index (χ0) is 13.8. The highest BCUT2D eigenvalue weighted by molar-refractivity contribution is 7.99. The fourth-order valence-corrected chi connectivity index (χ4v) is 3.72. The van der Waals surface area contributed by atoms with Gasteiger partial charge in [-0.1, -0.05) is 24.4 Å². The number of rotatable bonds is 3. The van der Waals surface area contributed by atoms with Crippen LogP contribution in [0.1, 0.15) is 36.0 Å². The second-order valence-electron chi connectivity index (χ2n) is 4.91. The minimum atomic E-state index is -0.0832. The highest BCUT2D eigenvalue weighted by Gasteiger charge is 2.26. The number of nitrogen functional groups attached to an aromatic ring is 1. The highest BCUT2D eigenvalue weighted by atomic mass is 35.5. The summed E-state index contributed by atoms with van der Waals surface area (Å²) in [6.07, 6.45) is 6.76. The molecule has 0 saturated heterocycles. The molecule has 2 rings (SSSR count). The van der Waals surface area contributed by atoms with Crippen LogP contribution in [0.5, 0.6) is 0 Å². The van der Waals surface area contributed by atoms with E-state index >= 15 is 0 Å². The first kappa shape index (κ1) is 14.5. The first-order valence-corrected chi connectivity index (χ1v) is 8.16. The van der Waals surface area contributed by atoms with E-state index in [9.17, 15) is 4.79 Å². The summed E-state index contributed by atoms with van der Waals surface area (Å²) < 4.78 is 0. The van der Waals surface area contributed by atoms with E-state index in [4.69, 9.17) is 17.3 Å². The molecule has 1 saturated carbocycles. The molecule has 0 spiro atoms. The maximum Gasteiger partial charge on any atom is 0.251 e. The summed E-state index contributed by atoms with van der Waals surface area (Å²) in [5, 5.41) is 4.12. The predicted molar refractivity (Wildman–Crippen MR) is 82.9 cm³/mol. The van der Waals surface area contributed by atoms with Gasteiger partial charge in [-0.25, -0.2) is 0 Å². The summed E-state index contributed by atoms with van der Waals surface area (Å²) in [6.45, 7) is 0. The summed E-state index contributed by atoms with van der Waals surface area (Å²) in [5.41, 5.74) is 6.77. The third-order valence-electron chi connectivity index (χ3n) is 3.50. The molecule has 1 aromatic carbocycles. The van der Waals surface area contributed by atoms with Crippen molar-refractivity contribution in [2.45, 2.75) is 37.0 Å². The van der Waals surface area contributed by atoms with Gasteiger partial charge in [0.05, 0.1) is 0 Å². The Balaban J connectivity index is 2.07. The van der Waals surface area contributed by atoms with Crippen LogP contribution in [0.4, 0.5) is 5.69 Å². The number of halogens is 1. The van der Waals surface area contributed by atoms with E-state index in [1.165, 1.54) is 19.3 Å². The van der Waals surface area contributed by atoms with Crippen LogP contribution < -0.4 is 11.1 Å². The Kier molecular flexibility index (Phi) is 4.99. The van der Waals surface area contributed by atoms with Crippen LogP contribution in [-0.4, -0.2) is 23.5 Å². The van der Waals surface area contributed by atoms with Crippen molar-refractivity contribution in [3.63, 3.8) is 0 Å². The number of nitrogens with two attached hydrogens (primary N) is 1. The Morgan fingerprint density at radius 2 is 2.11 bits per heavy atom. The molecule has 1 fully saturated rings. The molecule has 5 heteroatoms. The van der Waals surface area contributed by atoms with Crippen molar-refractivity contribution in [1.29, 1.82) is 0 Å². The van der Waals surface area contributed by atoms with Crippen LogP contribution in [0.15, 0.2) is 18.2 Å². The summed E-state index contributed by atoms with van der Waals surface area (Å²) in [5.74, 6) is -0.0832. The zero-order valence-corrected chi connectivity index (χ0v) is 12.6. The first-order chi connectivity index (χ1) is 9.10. The van der Waals surface area contributed by atoms with Gasteiger partial charge in [0.15, 0.2) is 0 Å². The van der Waals surface area contributed by atoms with E-state index in [1.54, 1.807) is 18.2 Å². The van der Waals surface area contributed by atoms with Gasteiger partial charge in [0.1, 0.15) is 0 Å². The Bertz CT molecular complexity index is 447.